The summed E-state index contributed by atoms with van der Waals surface area (Å²) in [7, 11) is 0. The van der Waals surface area contributed by atoms with Crippen LogP contribution in [0.1, 0.15) is 24.0 Å². The van der Waals surface area contributed by atoms with E-state index in [2.05, 4.69) is 15.9 Å². The Bertz CT molecular complexity index is 365. The van der Waals surface area contributed by atoms with Crippen molar-refractivity contribution in [2.24, 2.45) is 0 Å². The van der Waals surface area contributed by atoms with Crippen LogP contribution in [0.2, 0.25) is 0 Å². The predicted molar refractivity (Wildman–Crippen MR) is 59.9 cm³/mol. The monoisotopic (exact) mass is 272 g/mol. The van der Waals surface area contributed by atoms with Gasteiger partial charge in [-0.05, 0) is 12.1 Å². The van der Waals surface area contributed by atoms with Gasteiger partial charge in [0.1, 0.15) is 5.75 Å². The van der Waals surface area contributed by atoms with Crippen LogP contribution in [-0.4, -0.2) is 18.5 Å². The van der Waals surface area contributed by atoms with E-state index in [1.807, 2.05) is 19.1 Å². The molecule has 0 fully saturated rings. The average Bonchev–Trinajstić information content (AvgIpc) is 2.26. The molecule has 0 aliphatic carbocycles. The van der Waals surface area contributed by atoms with Gasteiger partial charge in [0.25, 0.3) is 0 Å². The fraction of sp³-hybridized carbons (Fsp3) is 0.455. The van der Waals surface area contributed by atoms with Gasteiger partial charge in [-0.2, -0.15) is 0 Å². The molecule has 0 saturated carbocycles. The quantitative estimate of drug-likeness (QED) is 0.899. The molecule has 4 heteroatoms. The van der Waals surface area contributed by atoms with Gasteiger partial charge in [-0.25, -0.2) is 0 Å². The molecule has 1 atom stereocenters. The maximum atomic E-state index is 9.18. The highest BCUT2D eigenvalue weighted by molar-refractivity contribution is 9.10. The van der Waals surface area contributed by atoms with Gasteiger partial charge in [0.15, 0.2) is 6.79 Å². The normalized spacial score (nSPS) is 16.7. The minimum absolute atomic E-state index is 0.0781. The fourth-order valence-electron chi connectivity index (χ4n) is 1.67. The Kier molecular flexibility index (Phi) is 3.29. The molecule has 0 amide bonds. The molecule has 0 aromatic heterocycles. The van der Waals surface area contributed by atoms with Gasteiger partial charge in [0, 0.05) is 28.1 Å². The van der Waals surface area contributed by atoms with Crippen LogP contribution in [0.15, 0.2) is 16.6 Å². The average molecular weight is 273 g/mol. The molecule has 0 spiro atoms. The Labute approximate surface area is 97.1 Å². The number of aliphatic hydroxyl groups excluding tert-OH is 1. The van der Waals surface area contributed by atoms with Gasteiger partial charge in [-0.1, -0.05) is 22.9 Å². The van der Waals surface area contributed by atoms with E-state index >= 15 is 0 Å². The topological polar surface area (TPSA) is 38.7 Å². The molecule has 82 valence electrons. The molecule has 1 aliphatic heterocycles. The number of fused-ring (bicyclic) bond motifs is 1. The first-order chi connectivity index (χ1) is 7.22. The van der Waals surface area contributed by atoms with Crippen LogP contribution in [0.4, 0.5) is 0 Å². The maximum absolute atomic E-state index is 9.18. The molecular weight excluding hydrogens is 260 g/mol. The molecule has 1 aromatic rings. The summed E-state index contributed by atoms with van der Waals surface area (Å²) < 4.78 is 11.7. The van der Waals surface area contributed by atoms with Crippen molar-refractivity contribution in [2.75, 3.05) is 13.4 Å². The zero-order valence-corrected chi connectivity index (χ0v) is 10.1. The molecule has 1 aliphatic rings. The van der Waals surface area contributed by atoms with Crippen molar-refractivity contribution in [3.8, 4) is 5.75 Å². The Morgan fingerprint density at radius 3 is 3.07 bits per heavy atom. The van der Waals surface area contributed by atoms with Gasteiger partial charge in [-0.3, -0.25) is 0 Å². The van der Waals surface area contributed by atoms with Crippen LogP contribution in [0, 0.1) is 0 Å². The van der Waals surface area contributed by atoms with Crippen LogP contribution in [0.25, 0.3) is 0 Å². The molecule has 3 nitrogen and oxygen atoms in total. The van der Waals surface area contributed by atoms with Crippen LogP contribution in [-0.2, 0) is 11.3 Å². The third-order valence-corrected chi connectivity index (χ3v) is 2.97. The number of aliphatic hydroxyl groups is 1. The van der Waals surface area contributed by atoms with E-state index in [-0.39, 0.29) is 12.5 Å². The number of benzene rings is 1. The zero-order chi connectivity index (χ0) is 10.8. The van der Waals surface area contributed by atoms with Gasteiger partial charge >= 0.3 is 0 Å². The van der Waals surface area contributed by atoms with Gasteiger partial charge < -0.3 is 14.6 Å². The summed E-state index contributed by atoms with van der Waals surface area (Å²) in [6, 6.07) is 3.98. The molecule has 2 rings (SSSR count). The van der Waals surface area contributed by atoms with Crippen LogP contribution < -0.4 is 4.74 Å². The van der Waals surface area contributed by atoms with E-state index in [1.54, 1.807) is 0 Å². The van der Waals surface area contributed by atoms with Gasteiger partial charge in [-0.15, -0.1) is 0 Å². The van der Waals surface area contributed by atoms with Crippen LogP contribution in [0.5, 0.6) is 5.75 Å². The first-order valence-corrected chi connectivity index (χ1v) is 5.65. The lowest BCUT2D eigenvalue weighted by atomic mass is 9.98. The largest absolute Gasteiger partial charge is 0.467 e. The Balaban J connectivity index is 2.47. The summed E-state index contributed by atoms with van der Waals surface area (Å²) in [5.74, 6) is 0.945. The molecule has 0 bridgehead atoms. The van der Waals surface area contributed by atoms with Crippen molar-refractivity contribution in [1.82, 2.24) is 0 Å². The molecule has 1 heterocycles. The summed E-state index contributed by atoms with van der Waals surface area (Å²) in [4.78, 5) is 0. The van der Waals surface area contributed by atoms with Crippen LogP contribution >= 0.6 is 15.9 Å². The van der Waals surface area contributed by atoms with Gasteiger partial charge in [0.05, 0.1) is 6.61 Å². The van der Waals surface area contributed by atoms with E-state index in [1.165, 1.54) is 0 Å². The third-order valence-electron chi connectivity index (χ3n) is 2.51. The second-order valence-corrected chi connectivity index (χ2v) is 4.59. The fourth-order valence-corrected chi connectivity index (χ4v) is 2.20. The van der Waals surface area contributed by atoms with E-state index in [4.69, 9.17) is 9.47 Å². The van der Waals surface area contributed by atoms with Crippen molar-refractivity contribution in [1.29, 1.82) is 0 Å². The minimum Gasteiger partial charge on any atom is -0.467 e. The van der Waals surface area contributed by atoms with Crippen molar-refractivity contribution < 1.29 is 14.6 Å². The SMILES string of the molecule is CC(CO)c1cc(Br)cc2c1OCOC2. The molecule has 1 aromatic carbocycles. The minimum atomic E-state index is 0.0781. The lowest BCUT2D eigenvalue weighted by Crippen LogP contribution is -2.14. The highest BCUT2D eigenvalue weighted by atomic mass is 79.9. The Morgan fingerprint density at radius 1 is 1.53 bits per heavy atom. The number of hydrogen-bond donors (Lipinski definition) is 1. The molecular formula is C11H13BrO3. The first kappa shape index (κ1) is 10.9. The van der Waals surface area contributed by atoms with E-state index in [9.17, 15) is 5.11 Å². The van der Waals surface area contributed by atoms with E-state index in [0.29, 0.717) is 13.4 Å². The lowest BCUT2D eigenvalue weighted by molar-refractivity contribution is -0.0174. The summed E-state index contributed by atoms with van der Waals surface area (Å²) >= 11 is 3.45. The molecule has 0 saturated heterocycles. The number of halogens is 1. The van der Waals surface area contributed by atoms with Crippen molar-refractivity contribution >= 4 is 15.9 Å². The standard InChI is InChI=1S/C11H13BrO3/c1-7(4-13)10-3-9(12)2-8-5-14-6-15-11(8)10/h2-3,7,13H,4-6H2,1H3. The molecule has 1 N–H and O–H groups in total. The third kappa shape index (κ3) is 2.17. The Hall–Kier alpha value is -0.580. The summed E-state index contributed by atoms with van der Waals surface area (Å²) in [6.07, 6.45) is 0. The molecule has 1 unspecified atom stereocenters. The predicted octanol–water partition coefficient (Wildman–Crippen LogP) is 2.41. The van der Waals surface area contributed by atoms with Crippen molar-refractivity contribution in [3.05, 3.63) is 27.7 Å². The number of rotatable bonds is 2. The second kappa shape index (κ2) is 4.51. The molecule has 0 radical (unpaired) electrons. The summed E-state index contributed by atoms with van der Waals surface area (Å²) in [5, 5.41) is 9.18. The highest BCUT2D eigenvalue weighted by Gasteiger charge is 2.19. The number of ether oxygens (including phenoxy) is 2. The smallest absolute Gasteiger partial charge is 0.189 e. The Morgan fingerprint density at radius 2 is 2.33 bits per heavy atom. The maximum Gasteiger partial charge on any atom is 0.189 e. The highest BCUT2D eigenvalue weighted by Crippen LogP contribution is 2.35. The zero-order valence-electron chi connectivity index (χ0n) is 8.50. The lowest BCUT2D eigenvalue weighted by Gasteiger charge is -2.23. The van der Waals surface area contributed by atoms with E-state index < -0.39 is 0 Å². The van der Waals surface area contributed by atoms with E-state index in [0.717, 1.165) is 21.3 Å². The summed E-state index contributed by atoms with van der Waals surface area (Å²) in [5.41, 5.74) is 2.07. The van der Waals surface area contributed by atoms with Crippen LogP contribution in [0.3, 0.4) is 0 Å². The van der Waals surface area contributed by atoms with Crippen molar-refractivity contribution in [2.45, 2.75) is 19.4 Å². The first-order valence-electron chi connectivity index (χ1n) is 4.86. The number of hydrogen-bond acceptors (Lipinski definition) is 3. The summed E-state index contributed by atoms with van der Waals surface area (Å²) in [6.45, 7) is 2.95. The second-order valence-electron chi connectivity index (χ2n) is 3.68. The van der Waals surface area contributed by atoms with Crippen molar-refractivity contribution in [3.63, 3.8) is 0 Å². The van der Waals surface area contributed by atoms with Gasteiger partial charge in [0.2, 0.25) is 0 Å². The molecule has 15 heavy (non-hydrogen) atoms.